The van der Waals surface area contributed by atoms with Crippen molar-refractivity contribution in [3.63, 3.8) is 0 Å². The second-order valence-electron chi connectivity index (χ2n) is 9.48. The summed E-state index contributed by atoms with van der Waals surface area (Å²) in [7, 11) is 1.72. The zero-order valence-electron chi connectivity index (χ0n) is 18.1. The average Bonchev–Trinajstić information content (AvgIpc) is 2.65. The number of piperazine rings is 1. The Morgan fingerprint density at radius 2 is 1.86 bits per heavy atom. The van der Waals surface area contributed by atoms with Crippen molar-refractivity contribution in [2.75, 3.05) is 51.3 Å². The fourth-order valence-electron chi connectivity index (χ4n) is 5.05. The van der Waals surface area contributed by atoms with Crippen molar-refractivity contribution in [3.8, 4) is 5.75 Å². The maximum absolute atomic E-state index is 10.5. The molecule has 0 bridgehead atoms. The Labute approximate surface area is 170 Å². The molecule has 0 aromatic heterocycles. The molecule has 28 heavy (non-hydrogen) atoms. The molecule has 0 spiro atoms. The SMILES string of the molecule is COc1ccccc1N1CCN(CC(O)COC2CC(C)CC(C)(C)C2)CC1. The third kappa shape index (κ3) is 5.85. The van der Waals surface area contributed by atoms with Gasteiger partial charge in [0.25, 0.3) is 0 Å². The van der Waals surface area contributed by atoms with Crippen LogP contribution in [-0.2, 0) is 4.74 Å². The van der Waals surface area contributed by atoms with E-state index in [1.807, 2.05) is 12.1 Å². The summed E-state index contributed by atoms with van der Waals surface area (Å²) in [6.45, 7) is 11.9. The van der Waals surface area contributed by atoms with Crippen molar-refractivity contribution in [2.45, 2.75) is 52.2 Å². The number of para-hydroxylation sites is 2. The summed E-state index contributed by atoms with van der Waals surface area (Å²) in [6, 6.07) is 8.18. The molecule has 1 aliphatic carbocycles. The number of hydrogen-bond acceptors (Lipinski definition) is 5. The van der Waals surface area contributed by atoms with Gasteiger partial charge in [-0.3, -0.25) is 4.90 Å². The first-order chi connectivity index (χ1) is 13.4. The summed E-state index contributed by atoms with van der Waals surface area (Å²) in [4.78, 5) is 4.71. The number of rotatable bonds is 7. The molecule has 1 aliphatic heterocycles. The number of β-amino-alcohol motifs (C(OH)–C–C–N with tert-alkyl or cyclic N) is 1. The Hall–Kier alpha value is -1.30. The molecule has 1 saturated carbocycles. The van der Waals surface area contributed by atoms with Gasteiger partial charge in [-0.1, -0.05) is 32.9 Å². The second kappa shape index (κ2) is 9.47. The van der Waals surface area contributed by atoms with Crippen LogP contribution in [0.1, 0.15) is 40.0 Å². The molecule has 2 fully saturated rings. The van der Waals surface area contributed by atoms with Gasteiger partial charge in [0.2, 0.25) is 0 Å². The van der Waals surface area contributed by atoms with Crippen LogP contribution >= 0.6 is 0 Å². The van der Waals surface area contributed by atoms with Gasteiger partial charge < -0.3 is 19.5 Å². The van der Waals surface area contributed by atoms with E-state index < -0.39 is 6.10 Å². The third-order valence-corrected chi connectivity index (χ3v) is 6.14. The largest absolute Gasteiger partial charge is 0.495 e. The number of anilines is 1. The van der Waals surface area contributed by atoms with Crippen LogP contribution in [0, 0.1) is 11.3 Å². The highest BCUT2D eigenvalue weighted by molar-refractivity contribution is 5.58. The fourth-order valence-corrected chi connectivity index (χ4v) is 5.05. The van der Waals surface area contributed by atoms with Crippen LogP contribution in [0.2, 0.25) is 0 Å². The van der Waals surface area contributed by atoms with Crippen molar-refractivity contribution in [2.24, 2.45) is 11.3 Å². The highest BCUT2D eigenvalue weighted by Gasteiger charge is 2.33. The van der Waals surface area contributed by atoms with Gasteiger partial charge in [-0.25, -0.2) is 0 Å². The molecule has 3 atom stereocenters. The molecule has 0 amide bonds. The lowest BCUT2D eigenvalue weighted by molar-refractivity contribution is -0.0615. The minimum atomic E-state index is -0.418. The lowest BCUT2D eigenvalue weighted by Crippen LogP contribution is -2.49. The highest BCUT2D eigenvalue weighted by atomic mass is 16.5. The lowest BCUT2D eigenvalue weighted by Gasteiger charge is -2.39. The van der Waals surface area contributed by atoms with E-state index in [4.69, 9.17) is 9.47 Å². The van der Waals surface area contributed by atoms with Crippen molar-refractivity contribution in [1.29, 1.82) is 0 Å². The topological polar surface area (TPSA) is 45.2 Å². The summed E-state index contributed by atoms with van der Waals surface area (Å²) in [5.74, 6) is 1.63. The number of ether oxygens (including phenoxy) is 2. The minimum Gasteiger partial charge on any atom is -0.495 e. The smallest absolute Gasteiger partial charge is 0.142 e. The van der Waals surface area contributed by atoms with Crippen LogP contribution in [0.25, 0.3) is 0 Å². The Kier molecular flexibility index (Phi) is 7.24. The van der Waals surface area contributed by atoms with Crippen LogP contribution < -0.4 is 9.64 Å². The van der Waals surface area contributed by atoms with Crippen LogP contribution in [0.3, 0.4) is 0 Å². The first-order valence-electron chi connectivity index (χ1n) is 10.8. The van der Waals surface area contributed by atoms with Gasteiger partial charge in [-0.2, -0.15) is 0 Å². The molecule has 1 aromatic rings. The van der Waals surface area contributed by atoms with Crippen molar-refractivity contribution >= 4 is 5.69 Å². The van der Waals surface area contributed by atoms with Crippen LogP contribution in [-0.4, -0.2) is 68.7 Å². The second-order valence-corrected chi connectivity index (χ2v) is 9.48. The van der Waals surface area contributed by atoms with Gasteiger partial charge in [-0.15, -0.1) is 0 Å². The number of aliphatic hydroxyl groups excluding tert-OH is 1. The van der Waals surface area contributed by atoms with E-state index in [9.17, 15) is 5.11 Å². The normalized spacial score (nSPS) is 26.8. The van der Waals surface area contributed by atoms with Crippen molar-refractivity contribution < 1.29 is 14.6 Å². The number of hydrogen-bond donors (Lipinski definition) is 1. The van der Waals surface area contributed by atoms with Gasteiger partial charge in [-0.05, 0) is 42.7 Å². The fraction of sp³-hybridized carbons (Fsp3) is 0.739. The number of nitrogens with zero attached hydrogens (tertiary/aromatic N) is 2. The molecule has 3 unspecified atom stereocenters. The summed E-state index contributed by atoms with van der Waals surface area (Å²) in [5, 5.41) is 10.5. The number of methoxy groups -OCH3 is 1. The Morgan fingerprint density at radius 3 is 2.54 bits per heavy atom. The predicted molar refractivity (Wildman–Crippen MR) is 114 cm³/mol. The first-order valence-corrected chi connectivity index (χ1v) is 10.8. The van der Waals surface area contributed by atoms with Gasteiger partial charge >= 0.3 is 0 Å². The van der Waals surface area contributed by atoms with Crippen molar-refractivity contribution in [1.82, 2.24) is 4.90 Å². The van der Waals surface area contributed by atoms with Crippen molar-refractivity contribution in [3.05, 3.63) is 24.3 Å². The number of aliphatic hydroxyl groups is 1. The first kappa shape index (κ1) is 21.4. The average molecular weight is 391 g/mol. The quantitative estimate of drug-likeness (QED) is 0.773. The molecular weight excluding hydrogens is 352 g/mol. The molecule has 5 heteroatoms. The number of benzene rings is 1. The van der Waals surface area contributed by atoms with Crippen LogP contribution in [0.4, 0.5) is 5.69 Å². The van der Waals surface area contributed by atoms with Gasteiger partial charge in [0.15, 0.2) is 0 Å². The van der Waals surface area contributed by atoms with E-state index in [2.05, 4.69) is 42.7 Å². The molecular formula is C23H38N2O3. The van der Waals surface area contributed by atoms with E-state index in [0.717, 1.165) is 50.5 Å². The van der Waals surface area contributed by atoms with Crippen LogP contribution in [0.5, 0.6) is 5.75 Å². The Bertz CT molecular complexity index is 614. The van der Waals surface area contributed by atoms with Gasteiger partial charge in [0.05, 0.1) is 31.6 Å². The molecule has 2 aliphatic rings. The summed E-state index contributed by atoms with van der Waals surface area (Å²) < 4.78 is 11.6. The molecule has 3 rings (SSSR count). The maximum atomic E-state index is 10.5. The van der Waals surface area contributed by atoms with E-state index in [0.29, 0.717) is 24.5 Å². The highest BCUT2D eigenvalue weighted by Crippen LogP contribution is 2.39. The van der Waals surface area contributed by atoms with E-state index in [-0.39, 0.29) is 6.10 Å². The Morgan fingerprint density at radius 1 is 1.14 bits per heavy atom. The molecule has 1 heterocycles. The zero-order chi connectivity index (χ0) is 20.1. The van der Waals surface area contributed by atoms with Gasteiger partial charge in [0, 0.05) is 32.7 Å². The molecule has 1 aromatic carbocycles. The minimum absolute atomic E-state index is 0.288. The predicted octanol–water partition coefficient (Wildman–Crippen LogP) is 3.41. The standard InChI is InChI=1S/C23H38N2O3/c1-18-13-20(15-23(2,3)14-18)28-17-19(26)16-24-9-11-25(12-10-24)21-7-5-6-8-22(21)27-4/h5-8,18-20,26H,9-17H2,1-4H3. The third-order valence-electron chi connectivity index (χ3n) is 6.14. The molecule has 158 valence electrons. The molecule has 5 nitrogen and oxygen atoms in total. The molecule has 1 N–H and O–H groups in total. The van der Waals surface area contributed by atoms with Gasteiger partial charge in [0.1, 0.15) is 5.75 Å². The summed E-state index contributed by atoms with van der Waals surface area (Å²) >= 11 is 0. The van der Waals surface area contributed by atoms with E-state index >= 15 is 0 Å². The zero-order valence-corrected chi connectivity index (χ0v) is 18.1. The molecule has 1 saturated heterocycles. The summed E-state index contributed by atoms with van der Waals surface area (Å²) in [5.41, 5.74) is 1.50. The lowest BCUT2D eigenvalue weighted by atomic mass is 9.71. The summed E-state index contributed by atoms with van der Waals surface area (Å²) in [6.07, 6.45) is 3.36. The van der Waals surface area contributed by atoms with E-state index in [1.54, 1.807) is 7.11 Å². The maximum Gasteiger partial charge on any atom is 0.142 e. The molecule has 0 radical (unpaired) electrons. The van der Waals surface area contributed by atoms with Crippen LogP contribution in [0.15, 0.2) is 24.3 Å². The Balaban J connectivity index is 1.41. The van der Waals surface area contributed by atoms with E-state index in [1.165, 1.54) is 6.42 Å². The monoisotopic (exact) mass is 390 g/mol.